The van der Waals surface area contributed by atoms with Crippen molar-refractivity contribution in [2.45, 2.75) is 25.4 Å². The van der Waals surface area contributed by atoms with E-state index < -0.39 is 0 Å². The van der Waals surface area contributed by atoms with E-state index in [1.165, 1.54) is 12.8 Å². The number of rotatable bonds is 4. The van der Waals surface area contributed by atoms with E-state index in [9.17, 15) is 0 Å². The molecule has 0 atom stereocenters. The highest BCUT2D eigenvalue weighted by molar-refractivity contribution is 5.30. The molecule has 1 fully saturated rings. The molecule has 4 nitrogen and oxygen atoms in total. The van der Waals surface area contributed by atoms with Crippen molar-refractivity contribution in [1.29, 1.82) is 0 Å². The van der Waals surface area contributed by atoms with Crippen LogP contribution in [0.4, 0.5) is 5.82 Å². The summed E-state index contributed by atoms with van der Waals surface area (Å²) < 4.78 is 0. The van der Waals surface area contributed by atoms with Crippen molar-refractivity contribution in [1.82, 2.24) is 15.3 Å². The zero-order valence-electron chi connectivity index (χ0n) is 7.75. The molecule has 13 heavy (non-hydrogen) atoms. The van der Waals surface area contributed by atoms with Gasteiger partial charge in [-0.15, -0.1) is 0 Å². The molecule has 1 aromatic heterocycles. The summed E-state index contributed by atoms with van der Waals surface area (Å²) in [6.45, 7) is 0.827. The van der Waals surface area contributed by atoms with Gasteiger partial charge in [0.05, 0.1) is 11.9 Å². The molecule has 1 heterocycles. The molecule has 1 saturated carbocycles. The van der Waals surface area contributed by atoms with E-state index in [0.29, 0.717) is 0 Å². The van der Waals surface area contributed by atoms with Crippen molar-refractivity contribution in [3.8, 4) is 0 Å². The first kappa shape index (κ1) is 8.44. The average Bonchev–Trinajstić information content (AvgIpc) is 2.99. The van der Waals surface area contributed by atoms with E-state index in [1.807, 2.05) is 7.05 Å². The van der Waals surface area contributed by atoms with Crippen LogP contribution in [0.1, 0.15) is 18.5 Å². The first-order chi connectivity index (χ1) is 6.38. The van der Waals surface area contributed by atoms with Crippen molar-refractivity contribution in [3.63, 3.8) is 0 Å². The van der Waals surface area contributed by atoms with E-state index in [2.05, 4.69) is 20.6 Å². The van der Waals surface area contributed by atoms with Gasteiger partial charge in [0.1, 0.15) is 5.82 Å². The number of anilines is 1. The second-order valence-electron chi connectivity index (χ2n) is 3.30. The fourth-order valence-corrected chi connectivity index (χ4v) is 1.15. The zero-order chi connectivity index (χ0) is 9.10. The van der Waals surface area contributed by atoms with Gasteiger partial charge in [-0.05, 0) is 12.8 Å². The van der Waals surface area contributed by atoms with Crippen LogP contribution < -0.4 is 10.6 Å². The van der Waals surface area contributed by atoms with Gasteiger partial charge >= 0.3 is 0 Å². The Bertz CT molecular complexity index is 283. The van der Waals surface area contributed by atoms with Crippen LogP contribution in [0, 0.1) is 0 Å². The Morgan fingerprint density at radius 2 is 2.31 bits per heavy atom. The van der Waals surface area contributed by atoms with Crippen molar-refractivity contribution in [2.24, 2.45) is 0 Å². The molecule has 2 rings (SSSR count). The lowest BCUT2D eigenvalue weighted by Gasteiger charge is -2.03. The number of aromatic nitrogens is 2. The monoisotopic (exact) mass is 178 g/mol. The van der Waals surface area contributed by atoms with Gasteiger partial charge in [-0.1, -0.05) is 0 Å². The lowest BCUT2D eigenvalue weighted by atomic mass is 10.4. The molecule has 4 heteroatoms. The Morgan fingerprint density at radius 1 is 1.46 bits per heavy atom. The molecular weight excluding hydrogens is 164 g/mol. The summed E-state index contributed by atoms with van der Waals surface area (Å²) in [5, 5.41) is 6.36. The van der Waals surface area contributed by atoms with Gasteiger partial charge in [-0.25, -0.2) is 4.98 Å². The second-order valence-corrected chi connectivity index (χ2v) is 3.30. The first-order valence-corrected chi connectivity index (χ1v) is 4.60. The van der Waals surface area contributed by atoms with Crippen molar-refractivity contribution >= 4 is 5.82 Å². The van der Waals surface area contributed by atoms with E-state index in [-0.39, 0.29) is 0 Å². The maximum atomic E-state index is 4.35. The zero-order valence-corrected chi connectivity index (χ0v) is 7.75. The molecule has 0 bridgehead atoms. The van der Waals surface area contributed by atoms with Gasteiger partial charge in [0, 0.05) is 25.8 Å². The molecule has 1 aliphatic rings. The number of nitrogens with zero attached hydrogens (tertiary/aromatic N) is 2. The van der Waals surface area contributed by atoms with Crippen molar-refractivity contribution in [2.75, 3.05) is 12.4 Å². The second kappa shape index (κ2) is 3.70. The highest BCUT2D eigenvalue weighted by Crippen LogP contribution is 2.18. The molecule has 0 aromatic carbocycles. The molecule has 0 aliphatic heterocycles. The molecule has 0 amide bonds. The van der Waals surface area contributed by atoms with Crippen LogP contribution in [-0.2, 0) is 6.54 Å². The minimum absolute atomic E-state index is 0.722. The van der Waals surface area contributed by atoms with Crippen LogP contribution in [-0.4, -0.2) is 23.1 Å². The molecule has 0 spiro atoms. The molecule has 70 valence electrons. The van der Waals surface area contributed by atoms with E-state index >= 15 is 0 Å². The average molecular weight is 178 g/mol. The largest absolute Gasteiger partial charge is 0.372 e. The normalized spacial score (nSPS) is 15.8. The summed E-state index contributed by atoms with van der Waals surface area (Å²) in [5.41, 5.74) is 0.999. The van der Waals surface area contributed by atoms with Crippen molar-refractivity contribution in [3.05, 3.63) is 18.1 Å². The van der Waals surface area contributed by atoms with Crippen LogP contribution in [0.15, 0.2) is 12.4 Å². The summed E-state index contributed by atoms with van der Waals surface area (Å²) in [6, 6.07) is 0.722. The van der Waals surface area contributed by atoms with Crippen LogP contribution in [0.2, 0.25) is 0 Å². The molecule has 1 aliphatic carbocycles. The van der Waals surface area contributed by atoms with E-state index in [4.69, 9.17) is 0 Å². The molecule has 1 aromatic rings. The van der Waals surface area contributed by atoms with Gasteiger partial charge in [-0.2, -0.15) is 0 Å². The molecule has 0 radical (unpaired) electrons. The molecule has 2 N–H and O–H groups in total. The first-order valence-electron chi connectivity index (χ1n) is 4.60. The topological polar surface area (TPSA) is 49.8 Å². The highest BCUT2D eigenvalue weighted by atomic mass is 15.0. The van der Waals surface area contributed by atoms with Gasteiger partial charge < -0.3 is 10.6 Å². The minimum atomic E-state index is 0.722. The number of hydrogen-bond acceptors (Lipinski definition) is 4. The Labute approximate surface area is 77.8 Å². The van der Waals surface area contributed by atoms with E-state index in [0.717, 1.165) is 24.1 Å². The van der Waals surface area contributed by atoms with Gasteiger partial charge in [-0.3, -0.25) is 4.98 Å². The van der Waals surface area contributed by atoms with Gasteiger partial charge in [0.25, 0.3) is 0 Å². The predicted octanol–water partition coefficient (Wildman–Crippen LogP) is 0.770. The summed E-state index contributed by atoms with van der Waals surface area (Å²) in [6.07, 6.45) is 6.13. The Hall–Kier alpha value is -1.16. The summed E-state index contributed by atoms with van der Waals surface area (Å²) in [7, 11) is 1.85. The molecule has 0 unspecified atom stereocenters. The quantitative estimate of drug-likeness (QED) is 0.715. The lowest BCUT2D eigenvalue weighted by molar-refractivity contribution is 0.672. The minimum Gasteiger partial charge on any atom is -0.372 e. The van der Waals surface area contributed by atoms with Crippen LogP contribution >= 0.6 is 0 Å². The van der Waals surface area contributed by atoms with Gasteiger partial charge in [0.2, 0.25) is 0 Å². The smallest absolute Gasteiger partial charge is 0.144 e. The SMILES string of the molecule is CNc1cncc(CNC2CC2)n1. The fourth-order valence-electron chi connectivity index (χ4n) is 1.15. The third-order valence-electron chi connectivity index (χ3n) is 2.09. The predicted molar refractivity (Wildman–Crippen MR) is 51.4 cm³/mol. The Balaban J connectivity index is 1.93. The maximum Gasteiger partial charge on any atom is 0.144 e. The molecular formula is C9H14N4. The molecule has 0 saturated heterocycles. The van der Waals surface area contributed by atoms with Gasteiger partial charge in [0.15, 0.2) is 0 Å². The van der Waals surface area contributed by atoms with Crippen molar-refractivity contribution < 1.29 is 0 Å². The van der Waals surface area contributed by atoms with Crippen LogP contribution in [0.5, 0.6) is 0 Å². The standard InChI is InChI=1S/C9H14N4/c1-10-9-6-11-4-8(13-9)5-12-7-2-3-7/h4,6-7,12H,2-3,5H2,1H3,(H,10,13). The third kappa shape index (κ3) is 2.39. The van der Waals surface area contributed by atoms with E-state index in [1.54, 1.807) is 12.4 Å². The maximum absolute atomic E-state index is 4.35. The Kier molecular flexibility index (Phi) is 2.40. The third-order valence-corrected chi connectivity index (χ3v) is 2.09. The summed E-state index contributed by atoms with van der Waals surface area (Å²) in [4.78, 5) is 8.44. The fraction of sp³-hybridized carbons (Fsp3) is 0.556. The summed E-state index contributed by atoms with van der Waals surface area (Å²) >= 11 is 0. The number of hydrogen-bond donors (Lipinski definition) is 2. The van der Waals surface area contributed by atoms with Crippen LogP contribution in [0.3, 0.4) is 0 Å². The number of nitrogens with one attached hydrogen (secondary N) is 2. The highest BCUT2D eigenvalue weighted by Gasteiger charge is 2.20. The summed E-state index contributed by atoms with van der Waals surface area (Å²) in [5.74, 6) is 0.829. The lowest BCUT2D eigenvalue weighted by Crippen LogP contribution is -2.16. The Morgan fingerprint density at radius 3 is 3.00 bits per heavy atom. The van der Waals surface area contributed by atoms with Crippen LogP contribution in [0.25, 0.3) is 0 Å².